The van der Waals surface area contributed by atoms with Crippen LogP contribution in [0.3, 0.4) is 0 Å². The monoisotopic (exact) mass is 712 g/mol. The number of furan rings is 2. The molecule has 2 nitrogen and oxygen atoms in total. The lowest BCUT2D eigenvalue weighted by Crippen LogP contribution is -1.92. The quantitative estimate of drug-likeness (QED) is 0.134. The molecule has 2 heteroatoms. The molecule has 10 aromatic carbocycles. The molecular weight excluding hydrogens is 681 g/mol. The minimum atomic E-state index is 0.839. The predicted octanol–water partition coefficient (Wildman–Crippen LogP) is 15.6. The molecule has 0 spiro atoms. The first-order valence-electron chi connectivity index (χ1n) is 19.2. The molecule has 260 valence electrons. The molecule has 0 atom stereocenters. The third-order valence-corrected chi connectivity index (χ3v) is 11.6. The highest BCUT2D eigenvalue weighted by molar-refractivity contribution is 6.26. The van der Waals surface area contributed by atoms with Gasteiger partial charge in [0.1, 0.15) is 22.5 Å². The fourth-order valence-corrected chi connectivity index (χ4v) is 9.20. The van der Waals surface area contributed by atoms with Crippen LogP contribution in [0.5, 0.6) is 0 Å². The van der Waals surface area contributed by atoms with Crippen molar-refractivity contribution < 1.29 is 8.83 Å². The molecule has 0 radical (unpaired) electrons. The van der Waals surface area contributed by atoms with Crippen molar-refractivity contribution in [1.29, 1.82) is 0 Å². The summed E-state index contributed by atoms with van der Waals surface area (Å²) in [7, 11) is 0. The van der Waals surface area contributed by atoms with Gasteiger partial charge < -0.3 is 8.83 Å². The van der Waals surface area contributed by atoms with Gasteiger partial charge in [0.2, 0.25) is 0 Å². The molecule has 0 saturated carbocycles. The van der Waals surface area contributed by atoms with Crippen molar-refractivity contribution in [2.75, 3.05) is 0 Å². The normalized spacial score (nSPS) is 11.9. The topological polar surface area (TPSA) is 26.3 Å². The minimum Gasteiger partial charge on any atom is -0.456 e. The van der Waals surface area contributed by atoms with E-state index in [-0.39, 0.29) is 0 Å². The van der Waals surface area contributed by atoms with E-state index in [0.717, 1.165) is 60.9 Å². The van der Waals surface area contributed by atoms with E-state index >= 15 is 0 Å². The SMILES string of the molecule is c1ccc(-c2oc3cc4c(cc3c2-c2ccccc2)oc2ccc(-c3c5ccccc5c(-c5cc6ccccc6c6ccccc56)c5ccccc35)cc24)cc1. The van der Waals surface area contributed by atoms with Crippen LogP contribution >= 0.6 is 0 Å². The van der Waals surface area contributed by atoms with Crippen LogP contribution in [0.25, 0.3) is 121 Å². The molecule has 0 saturated heterocycles. The van der Waals surface area contributed by atoms with E-state index < -0.39 is 0 Å². The molecule has 12 rings (SSSR count). The van der Waals surface area contributed by atoms with Crippen molar-refractivity contribution in [3.63, 3.8) is 0 Å². The van der Waals surface area contributed by atoms with Gasteiger partial charge >= 0.3 is 0 Å². The highest BCUT2D eigenvalue weighted by Gasteiger charge is 2.22. The predicted molar refractivity (Wildman–Crippen MR) is 235 cm³/mol. The van der Waals surface area contributed by atoms with Crippen molar-refractivity contribution in [1.82, 2.24) is 0 Å². The standard InChI is InChI=1S/C54H32O2/c1-3-15-33(16-4-1)52-47-32-49-45(31-50(47)56-54(52)34-17-5-2-6-18-34)44-30-36(27-28-48(44)55-49)51-40-23-11-13-25-42(40)53(43-26-14-12-24-41(43)51)46-29-35-19-7-8-20-37(35)38-21-9-10-22-39(38)46/h1-32H. The molecule has 12 aromatic rings. The van der Waals surface area contributed by atoms with Gasteiger partial charge in [0, 0.05) is 27.3 Å². The van der Waals surface area contributed by atoms with Gasteiger partial charge in [-0.05, 0) is 101 Å². The lowest BCUT2D eigenvalue weighted by molar-refractivity contribution is 0.632. The summed E-state index contributed by atoms with van der Waals surface area (Å²) in [6.07, 6.45) is 0. The van der Waals surface area contributed by atoms with Crippen LogP contribution in [0.15, 0.2) is 203 Å². The molecule has 0 N–H and O–H groups in total. The first-order valence-corrected chi connectivity index (χ1v) is 19.2. The van der Waals surface area contributed by atoms with E-state index in [1.165, 1.54) is 59.8 Å². The summed E-state index contributed by atoms with van der Waals surface area (Å²) < 4.78 is 13.4. The summed E-state index contributed by atoms with van der Waals surface area (Å²) in [5.41, 5.74) is 10.7. The number of benzene rings is 10. The van der Waals surface area contributed by atoms with E-state index in [4.69, 9.17) is 8.83 Å². The fraction of sp³-hybridized carbons (Fsp3) is 0. The Morgan fingerprint density at radius 2 is 0.768 bits per heavy atom. The second-order valence-corrected chi connectivity index (χ2v) is 14.7. The molecule has 0 aliphatic heterocycles. The van der Waals surface area contributed by atoms with Crippen LogP contribution in [0.4, 0.5) is 0 Å². The smallest absolute Gasteiger partial charge is 0.143 e. The maximum absolute atomic E-state index is 6.77. The van der Waals surface area contributed by atoms with Gasteiger partial charge in [-0.1, -0.05) is 164 Å². The van der Waals surface area contributed by atoms with E-state index in [9.17, 15) is 0 Å². The molecule has 0 fully saturated rings. The van der Waals surface area contributed by atoms with Crippen LogP contribution in [0.2, 0.25) is 0 Å². The van der Waals surface area contributed by atoms with Crippen LogP contribution in [-0.4, -0.2) is 0 Å². The summed E-state index contributed by atoms with van der Waals surface area (Å²) in [5.74, 6) is 0.863. The Kier molecular flexibility index (Phi) is 6.66. The first kappa shape index (κ1) is 31.0. The van der Waals surface area contributed by atoms with Gasteiger partial charge in [-0.3, -0.25) is 0 Å². The van der Waals surface area contributed by atoms with E-state index in [1.54, 1.807) is 0 Å². The molecule has 0 unspecified atom stereocenters. The van der Waals surface area contributed by atoms with Gasteiger partial charge in [-0.15, -0.1) is 0 Å². The highest BCUT2D eigenvalue weighted by Crippen LogP contribution is 2.48. The third kappa shape index (κ3) is 4.57. The average molecular weight is 713 g/mol. The Labute approximate surface area is 322 Å². The summed E-state index contributed by atoms with van der Waals surface area (Å²) >= 11 is 0. The summed E-state index contributed by atoms with van der Waals surface area (Å²) in [5, 5.41) is 13.1. The van der Waals surface area contributed by atoms with Crippen molar-refractivity contribution in [2.24, 2.45) is 0 Å². The van der Waals surface area contributed by atoms with Crippen LogP contribution < -0.4 is 0 Å². The van der Waals surface area contributed by atoms with Gasteiger partial charge in [-0.2, -0.15) is 0 Å². The summed E-state index contributed by atoms with van der Waals surface area (Å²) in [4.78, 5) is 0. The van der Waals surface area contributed by atoms with E-state index in [2.05, 4.69) is 182 Å². The Morgan fingerprint density at radius 1 is 0.250 bits per heavy atom. The maximum Gasteiger partial charge on any atom is 0.143 e. The highest BCUT2D eigenvalue weighted by atomic mass is 16.3. The Bertz CT molecular complexity index is 3460. The van der Waals surface area contributed by atoms with Crippen molar-refractivity contribution in [3.05, 3.63) is 194 Å². The zero-order valence-corrected chi connectivity index (χ0v) is 30.3. The lowest BCUT2D eigenvalue weighted by Gasteiger charge is -2.19. The second kappa shape index (κ2) is 12.0. The second-order valence-electron chi connectivity index (χ2n) is 14.7. The Morgan fingerprint density at radius 3 is 1.46 bits per heavy atom. The molecule has 0 aliphatic rings. The van der Waals surface area contributed by atoms with Crippen molar-refractivity contribution in [2.45, 2.75) is 0 Å². The largest absolute Gasteiger partial charge is 0.456 e. The fourth-order valence-electron chi connectivity index (χ4n) is 9.20. The Hall–Kier alpha value is -7.42. The average Bonchev–Trinajstić information content (AvgIpc) is 3.82. The number of rotatable bonds is 4. The number of hydrogen-bond acceptors (Lipinski definition) is 2. The van der Waals surface area contributed by atoms with Crippen LogP contribution in [-0.2, 0) is 0 Å². The van der Waals surface area contributed by atoms with Gasteiger partial charge in [0.05, 0.1) is 0 Å². The molecule has 0 aliphatic carbocycles. The van der Waals surface area contributed by atoms with Gasteiger partial charge in [0.15, 0.2) is 0 Å². The zero-order chi connectivity index (χ0) is 36.7. The molecule has 56 heavy (non-hydrogen) atoms. The molecule has 0 bridgehead atoms. The Balaban J connectivity index is 1.11. The minimum absolute atomic E-state index is 0.839. The lowest BCUT2D eigenvalue weighted by atomic mass is 9.83. The number of hydrogen-bond donors (Lipinski definition) is 0. The van der Waals surface area contributed by atoms with Crippen molar-refractivity contribution in [3.8, 4) is 44.7 Å². The maximum atomic E-state index is 6.77. The van der Waals surface area contributed by atoms with E-state index in [1.807, 2.05) is 12.1 Å². The molecule has 2 aromatic heterocycles. The van der Waals surface area contributed by atoms with Gasteiger partial charge in [0.25, 0.3) is 0 Å². The van der Waals surface area contributed by atoms with Crippen LogP contribution in [0, 0.1) is 0 Å². The van der Waals surface area contributed by atoms with Gasteiger partial charge in [-0.25, -0.2) is 0 Å². The summed E-state index contributed by atoms with van der Waals surface area (Å²) in [6.45, 7) is 0. The van der Waals surface area contributed by atoms with Crippen molar-refractivity contribution >= 4 is 76.0 Å². The summed E-state index contributed by atoms with van der Waals surface area (Å²) in [6, 6.07) is 69.6. The van der Waals surface area contributed by atoms with E-state index in [0.29, 0.717) is 0 Å². The number of fused-ring (bicyclic) bond motifs is 9. The molecule has 2 heterocycles. The van der Waals surface area contributed by atoms with Crippen LogP contribution in [0.1, 0.15) is 0 Å². The molecule has 0 amide bonds. The zero-order valence-electron chi connectivity index (χ0n) is 30.3. The third-order valence-electron chi connectivity index (χ3n) is 11.6. The first-order chi connectivity index (χ1) is 27.8. The molecular formula is C54H32O2.